The number of hydrogen-bond acceptors (Lipinski definition) is 2. The molecule has 0 aliphatic heterocycles. The van der Waals surface area contributed by atoms with Gasteiger partial charge in [-0.05, 0) is 6.07 Å². The van der Waals surface area contributed by atoms with Gasteiger partial charge in [-0.3, -0.25) is 0 Å². The molecule has 0 unspecified atom stereocenters. The number of nitrogens with one attached hydrogen (secondary N) is 1. The van der Waals surface area contributed by atoms with E-state index in [4.69, 9.17) is 5.11 Å². The molecular formula is C9H10FNO3. The third-order valence-corrected chi connectivity index (χ3v) is 1.71. The highest BCUT2D eigenvalue weighted by Gasteiger charge is 2.12. The van der Waals surface area contributed by atoms with Crippen molar-refractivity contribution in [3.63, 3.8) is 0 Å². The number of aliphatic hydroxyl groups excluding tert-OH is 1. The molecule has 1 aromatic rings. The zero-order chi connectivity index (χ0) is 10.6. The minimum absolute atomic E-state index is 0.0845. The molecule has 5 heteroatoms. The fraction of sp³-hybridized carbons (Fsp3) is 0.222. The van der Waals surface area contributed by atoms with Gasteiger partial charge in [0.05, 0.1) is 12.6 Å². The van der Waals surface area contributed by atoms with E-state index in [1.807, 2.05) is 5.32 Å². The summed E-state index contributed by atoms with van der Waals surface area (Å²) in [4.78, 5) is 10.1. The van der Waals surface area contributed by atoms with E-state index >= 15 is 0 Å². The maximum Gasteiger partial charge on any atom is 0.404 e. The van der Waals surface area contributed by atoms with Gasteiger partial charge in [0.2, 0.25) is 0 Å². The van der Waals surface area contributed by atoms with Crippen molar-refractivity contribution >= 4 is 6.09 Å². The highest BCUT2D eigenvalue weighted by Crippen LogP contribution is 2.15. The van der Waals surface area contributed by atoms with Gasteiger partial charge in [0, 0.05) is 5.56 Å². The Hall–Kier alpha value is -1.62. The van der Waals surface area contributed by atoms with E-state index in [1.165, 1.54) is 18.2 Å². The van der Waals surface area contributed by atoms with Crippen molar-refractivity contribution in [2.45, 2.75) is 6.10 Å². The average molecular weight is 199 g/mol. The molecular weight excluding hydrogens is 189 g/mol. The first-order chi connectivity index (χ1) is 6.61. The summed E-state index contributed by atoms with van der Waals surface area (Å²) in [6.07, 6.45) is -2.41. The van der Waals surface area contributed by atoms with Crippen LogP contribution in [0.25, 0.3) is 0 Å². The predicted molar refractivity (Wildman–Crippen MR) is 47.4 cm³/mol. The van der Waals surface area contributed by atoms with Gasteiger partial charge >= 0.3 is 6.09 Å². The van der Waals surface area contributed by atoms with Crippen LogP contribution in [0, 0.1) is 5.82 Å². The third kappa shape index (κ3) is 2.70. The summed E-state index contributed by atoms with van der Waals surface area (Å²) >= 11 is 0. The molecule has 1 aromatic carbocycles. The molecule has 1 rings (SSSR count). The van der Waals surface area contributed by atoms with Crippen LogP contribution in [0.5, 0.6) is 0 Å². The lowest BCUT2D eigenvalue weighted by atomic mass is 10.1. The second-order valence-electron chi connectivity index (χ2n) is 2.72. The molecule has 0 saturated carbocycles. The van der Waals surface area contributed by atoms with Gasteiger partial charge in [-0.25, -0.2) is 9.18 Å². The number of hydrogen-bond donors (Lipinski definition) is 3. The second kappa shape index (κ2) is 4.57. The monoisotopic (exact) mass is 199 g/mol. The summed E-state index contributed by atoms with van der Waals surface area (Å²) in [5, 5.41) is 19.6. The molecule has 0 saturated heterocycles. The van der Waals surface area contributed by atoms with E-state index in [0.717, 1.165) is 0 Å². The fourth-order valence-electron chi connectivity index (χ4n) is 1.04. The normalized spacial score (nSPS) is 12.1. The zero-order valence-electron chi connectivity index (χ0n) is 7.27. The standard InChI is InChI=1S/C9H10FNO3/c10-7-4-2-1-3-6(7)8(12)5-11-9(13)14/h1-4,8,11-12H,5H2,(H,13,14)/t8-/m0/s1. The number of aliphatic hydroxyl groups is 1. The van der Waals surface area contributed by atoms with Crippen molar-refractivity contribution < 1.29 is 19.4 Å². The van der Waals surface area contributed by atoms with Crippen LogP contribution in [0.3, 0.4) is 0 Å². The number of amides is 1. The molecule has 76 valence electrons. The zero-order valence-corrected chi connectivity index (χ0v) is 7.27. The Balaban J connectivity index is 2.65. The Labute approximate surface area is 80.0 Å². The molecule has 4 nitrogen and oxygen atoms in total. The Kier molecular flexibility index (Phi) is 3.41. The van der Waals surface area contributed by atoms with Crippen molar-refractivity contribution in [3.05, 3.63) is 35.6 Å². The molecule has 0 radical (unpaired) electrons. The topological polar surface area (TPSA) is 69.6 Å². The van der Waals surface area contributed by atoms with E-state index in [1.54, 1.807) is 6.07 Å². The minimum atomic E-state index is -1.25. The maximum atomic E-state index is 13.0. The van der Waals surface area contributed by atoms with Crippen molar-refractivity contribution in [2.24, 2.45) is 0 Å². The highest BCUT2D eigenvalue weighted by molar-refractivity contribution is 5.64. The molecule has 14 heavy (non-hydrogen) atoms. The van der Waals surface area contributed by atoms with Crippen molar-refractivity contribution in [1.29, 1.82) is 0 Å². The molecule has 0 fully saturated rings. The molecule has 0 aromatic heterocycles. The number of carboxylic acid groups (broad SMARTS) is 1. The average Bonchev–Trinajstić information content (AvgIpc) is 2.15. The molecule has 0 aliphatic rings. The molecule has 0 spiro atoms. The largest absolute Gasteiger partial charge is 0.465 e. The van der Waals surface area contributed by atoms with Crippen LogP contribution >= 0.6 is 0 Å². The van der Waals surface area contributed by atoms with Gasteiger partial charge in [-0.1, -0.05) is 18.2 Å². The Morgan fingerprint density at radius 3 is 2.71 bits per heavy atom. The van der Waals surface area contributed by atoms with Gasteiger partial charge in [-0.2, -0.15) is 0 Å². The fourth-order valence-corrected chi connectivity index (χ4v) is 1.04. The van der Waals surface area contributed by atoms with Crippen LogP contribution in [-0.4, -0.2) is 22.9 Å². The summed E-state index contributed by atoms with van der Waals surface area (Å²) in [6, 6.07) is 5.68. The summed E-state index contributed by atoms with van der Waals surface area (Å²) in [6.45, 7) is -0.226. The van der Waals surface area contributed by atoms with Crippen molar-refractivity contribution in [3.8, 4) is 0 Å². The van der Waals surface area contributed by atoms with Gasteiger partial charge in [-0.15, -0.1) is 0 Å². The molecule has 1 amide bonds. The third-order valence-electron chi connectivity index (χ3n) is 1.71. The minimum Gasteiger partial charge on any atom is -0.465 e. The van der Waals surface area contributed by atoms with Crippen LogP contribution < -0.4 is 5.32 Å². The lowest BCUT2D eigenvalue weighted by Crippen LogP contribution is -2.26. The smallest absolute Gasteiger partial charge is 0.404 e. The van der Waals surface area contributed by atoms with Crippen LogP contribution in [0.4, 0.5) is 9.18 Å². The second-order valence-corrected chi connectivity index (χ2v) is 2.72. The Morgan fingerprint density at radius 1 is 1.50 bits per heavy atom. The Morgan fingerprint density at radius 2 is 2.14 bits per heavy atom. The predicted octanol–water partition coefficient (Wildman–Crippen LogP) is 1.13. The maximum absolute atomic E-state index is 13.0. The van der Waals surface area contributed by atoms with Gasteiger partial charge in [0.25, 0.3) is 0 Å². The van der Waals surface area contributed by atoms with Gasteiger partial charge in [0.15, 0.2) is 0 Å². The summed E-state index contributed by atoms with van der Waals surface area (Å²) in [5.41, 5.74) is 0.0845. The summed E-state index contributed by atoms with van der Waals surface area (Å²) in [5.74, 6) is -0.549. The van der Waals surface area contributed by atoms with E-state index in [0.29, 0.717) is 0 Å². The first-order valence-corrected chi connectivity index (χ1v) is 4.00. The number of rotatable bonds is 3. The van der Waals surface area contributed by atoms with Crippen molar-refractivity contribution in [2.75, 3.05) is 6.54 Å². The van der Waals surface area contributed by atoms with Gasteiger partial charge < -0.3 is 15.5 Å². The van der Waals surface area contributed by atoms with Crippen LogP contribution in [0.1, 0.15) is 11.7 Å². The SMILES string of the molecule is O=C(O)NC[C@H](O)c1ccccc1F. The van der Waals surface area contributed by atoms with E-state index in [-0.39, 0.29) is 12.1 Å². The van der Waals surface area contributed by atoms with Gasteiger partial charge in [0.1, 0.15) is 5.82 Å². The summed E-state index contributed by atoms with van der Waals surface area (Å²) in [7, 11) is 0. The molecule has 0 aliphatic carbocycles. The first kappa shape index (κ1) is 10.5. The van der Waals surface area contributed by atoms with Crippen molar-refractivity contribution in [1.82, 2.24) is 5.32 Å². The Bertz CT molecular complexity index is 330. The molecule has 1 atom stereocenters. The quantitative estimate of drug-likeness (QED) is 0.683. The molecule has 3 N–H and O–H groups in total. The van der Waals surface area contributed by atoms with Crippen LogP contribution in [-0.2, 0) is 0 Å². The lowest BCUT2D eigenvalue weighted by Gasteiger charge is -2.10. The number of carbonyl (C=O) groups is 1. The van der Waals surface area contributed by atoms with Crippen LogP contribution in [0.15, 0.2) is 24.3 Å². The van der Waals surface area contributed by atoms with E-state index in [9.17, 15) is 14.3 Å². The molecule has 0 heterocycles. The number of benzene rings is 1. The summed E-state index contributed by atoms with van der Waals surface area (Å²) < 4.78 is 13.0. The highest BCUT2D eigenvalue weighted by atomic mass is 19.1. The number of halogens is 1. The molecule has 0 bridgehead atoms. The lowest BCUT2D eigenvalue weighted by molar-refractivity contribution is 0.156. The first-order valence-electron chi connectivity index (χ1n) is 4.00. The van der Waals surface area contributed by atoms with E-state index in [2.05, 4.69) is 0 Å². The van der Waals surface area contributed by atoms with E-state index < -0.39 is 18.0 Å². The van der Waals surface area contributed by atoms with Crippen LogP contribution in [0.2, 0.25) is 0 Å².